The second-order valence-electron chi connectivity index (χ2n) is 3.54. The zero-order valence-electron chi connectivity index (χ0n) is 8.34. The van der Waals surface area contributed by atoms with Gasteiger partial charge in [-0.1, -0.05) is 13.0 Å². The van der Waals surface area contributed by atoms with Gasteiger partial charge < -0.3 is 11.5 Å². The smallest absolute Gasteiger partial charge is 0.265 e. The maximum absolute atomic E-state index is 10.7. The first-order valence-corrected chi connectivity index (χ1v) is 6.00. The summed E-state index contributed by atoms with van der Waals surface area (Å²) in [7, 11) is -3.99. The number of nitrogen functional groups attached to an aromatic ring is 2. The third kappa shape index (κ3) is 3.41. The molecule has 0 spiro atoms. The summed E-state index contributed by atoms with van der Waals surface area (Å²) in [4.78, 5) is 0. The summed E-state index contributed by atoms with van der Waals surface area (Å²) in [6.07, 6.45) is 0. The van der Waals surface area contributed by atoms with Crippen molar-refractivity contribution in [1.29, 1.82) is 0 Å². The molecule has 0 saturated heterocycles. The summed E-state index contributed by atoms with van der Waals surface area (Å²) in [6, 6.07) is 4.88. The molecule has 0 heterocycles. The van der Waals surface area contributed by atoms with E-state index in [2.05, 4.69) is 0 Å². The average molecular weight is 230 g/mol. The van der Waals surface area contributed by atoms with Gasteiger partial charge in [0.25, 0.3) is 10.1 Å². The van der Waals surface area contributed by atoms with Crippen LogP contribution in [0.2, 0.25) is 0 Å². The van der Waals surface area contributed by atoms with Crippen LogP contribution in [0.15, 0.2) is 18.2 Å². The molecule has 0 aliphatic rings. The van der Waals surface area contributed by atoms with Crippen molar-refractivity contribution in [2.45, 2.75) is 12.8 Å². The molecule has 0 amide bonds. The number of hydrogen-bond donors (Lipinski definition) is 3. The highest BCUT2D eigenvalue weighted by Crippen LogP contribution is 2.25. The monoisotopic (exact) mass is 230 g/mol. The molecule has 1 aromatic carbocycles. The van der Waals surface area contributed by atoms with Crippen molar-refractivity contribution in [1.82, 2.24) is 0 Å². The minimum absolute atomic E-state index is 0.346. The van der Waals surface area contributed by atoms with Crippen LogP contribution in [0.4, 0.5) is 11.4 Å². The Balaban J connectivity index is 2.97. The highest BCUT2D eigenvalue weighted by atomic mass is 32.2. The molecule has 0 bridgehead atoms. The van der Waals surface area contributed by atoms with E-state index in [1.807, 2.05) is 0 Å². The van der Waals surface area contributed by atoms with Crippen molar-refractivity contribution in [2.75, 3.05) is 17.2 Å². The molecule has 1 rings (SSSR count). The summed E-state index contributed by atoms with van der Waals surface area (Å²) in [5, 5.41) is 0. The average Bonchev–Trinajstić information content (AvgIpc) is 1.99. The topological polar surface area (TPSA) is 106 Å². The van der Waals surface area contributed by atoms with Gasteiger partial charge in [0.2, 0.25) is 0 Å². The Labute approximate surface area is 88.8 Å². The predicted octanol–water partition coefficient (Wildman–Crippen LogP) is 0.842. The Hall–Kier alpha value is -1.27. The van der Waals surface area contributed by atoms with E-state index < -0.39 is 10.1 Å². The third-order valence-corrected chi connectivity index (χ3v) is 3.02. The lowest BCUT2D eigenvalue weighted by atomic mass is 10.0. The molecule has 84 valence electrons. The highest BCUT2D eigenvalue weighted by Gasteiger charge is 2.16. The summed E-state index contributed by atoms with van der Waals surface area (Å²) in [6.45, 7) is 1.68. The zero-order valence-corrected chi connectivity index (χ0v) is 9.16. The SMILES string of the molecule is CC(CS(=O)(=O)O)c1ccc(N)cc1N. The Bertz CT molecular complexity index is 456. The maximum atomic E-state index is 10.7. The minimum atomic E-state index is -3.99. The minimum Gasteiger partial charge on any atom is -0.399 e. The van der Waals surface area contributed by atoms with Gasteiger partial charge in [0.15, 0.2) is 0 Å². The van der Waals surface area contributed by atoms with Gasteiger partial charge >= 0.3 is 0 Å². The highest BCUT2D eigenvalue weighted by molar-refractivity contribution is 7.85. The van der Waals surface area contributed by atoms with Gasteiger partial charge in [-0.05, 0) is 23.6 Å². The first-order chi connectivity index (χ1) is 6.79. The molecule has 15 heavy (non-hydrogen) atoms. The molecule has 1 unspecified atom stereocenters. The first-order valence-electron chi connectivity index (χ1n) is 4.39. The summed E-state index contributed by atoms with van der Waals surface area (Å²) in [5.41, 5.74) is 12.8. The van der Waals surface area contributed by atoms with Crippen LogP contribution in [0.25, 0.3) is 0 Å². The van der Waals surface area contributed by atoms with E-state index in [1.54, 1.807) is 25.1 Å². The number of anilines is 2. The summed E-state index contributed by atoms with van der Waals surface area (Å²) in [5.74, 6) is -0.707. The number of benzene rings is 1. The van der Waals surface area contributed by atoms with Crippen LogP contribution in [-0.2, 0) is 10.1 Å². The fourth-order valence-corrected chi connectivity index (χ4v) is 2.26. The molecule has 6 heteroatoms. The van der Waals surface area contributed by atoms with Crippen molar-refractivity contribution >= 4 is 21.5 Å². The molecule has 1 aromatic rings. The van der Waals surface area contributed by atoms with Crippen LogP contribution in [0, 0.1) is 0 Å². The van der Waals surface area contributed by atoms with Gasteiger partial charge in [-0.25, -0.2) is 0 Å². The molecule has 0 saturated carbocycles. The molecule has 0 aliphatic carbocycles. The molecular weight excluding hydrogens is 216 g/mol. The number of hydrogen-bond acceptors (Lipinski definition) is 4. The zero-order chi connectivity index (χ0) is 11.6. The van der Waals surface area contributed by atoms with Crippen LogP contribution in [-0.4, -0.2) is 18.7 Å². The van der Waals surface area contributed by atoms with Gasteiger partial charge in [-0.2, -0.15) is 8.42 Å². The molecule has 0 aromatic heterocycles. The maximum Gasteiger partial charge on any atom is 0.265 e. The lowest BCUT2D eigenvalue weighted by molar-refractivity contribution is 0.479. The fraction of sp³-hybridized carbons (Fsp3) is 0.333. The Morgan fingerprint density at radius 3 is 2.47 bits per heavy atom. The van der Waals surface area contributed by atoms with Gasteiger partial charge in [-0.15, -0.1) is 0 Å². The fourth-order valence-electron chi connectivity index (χ4n) is 1.45. The van der Waals surface area contributed by atoms with E-state index in [4.69, 9.17) is 16.0 Å². The molecular formula is C9H14N2O3S. The molecule has 0 aliphatic heterocycles. The molecule has 0 fully saturated rings. The predicted molar refractivity (Wildman–Crippen MR) is 60.1 cm³/mol. The van der Waals surface area contributed by atoms with Crippen molar-refractivity contribution in [3.63, 3.8) is 0 Å². The van der Waals surface area contributed by atoms with Crippen LogP contribution in [0.5, 0.6) is 0 Å². The van der Waals surface area contributed by atoms with Crippen molar-refractivity contribution in [2.24, 2.45) is 0 Å². The van der Waals surface area contributed by atoms with Gasteiger partial charge in [0.05, 0.1) is 5.75 Å². The van der Waals surface area contributed by atoms with Gasteiger partial charge in [0.1, 0.15) is 0 Å². The van der Waals surface area contributed by atoms with Crippen LogP contribution in [0.3, 0.4) is 0 Å². The Morgan fingerprint density at radius 1 is 1.40 bits per heavy atom. The molecule has 5 N–H and O–H groups in total. The number of rotatable bonds is 3. The Morgan fingerprint density at radius 2 is 2.00 bits per heavy atom. The van der Waals surface area contributed by atoms with E-state index >= 15 is 0 Å². The van der Waals surface area contributed by atoms with E-state index in [1.165, 1.54) is 0 Å². The van der Waals surface area contributed by atoms with Crippen molar-refractivity contribution < 1.29 is 13.0 Å². The molecule has 1 atom stereocenters. The first kappa shape index (κ1) is 11.8. The van der Waals surface area contributed by atoms with E-state index in [0.717, 1.165) is 0 Å². The van der Waals surface area contributed by atoms with E-state index in [9.17, 15) is 8.42 Å². The van der Waals surface area contributed by atoms with Crippen molar-refractivity contribution in [3.05, 3.63) is 23.8 Å². The normalized spacial score (nSPS) is 13.7. The number of nitrogens with two attached hydrogens (primary N) is 2. The Kier molecular flexibility index (Phi) is 3.21. The van der Waals surface area contributed by atoms with Gasteiger partial charge in [-0.3, -0.25) is 4.55 Å². The van der Waals surface area contributed by atoms with Crippen LogP contribution >= 0.6 is 0 Å². The lowest BCUT2D eigenvalue weighted by Gasteiger charge is -2.12. The standard InChI is InChI=1S/C9H14N2O3S/c1-6(5-15(12,13)14)8-3-2-7(10)4-9(8)11/h2-4,6H,5,10-11H2,1H3,(H,12,13,14). The van der Waals surface area contributed by atoms with Crippen LogP contribution in [0.1, 0.15) is 18.4 Å². The largest absolute Gasteiger partial charge is 0.399 e. The lowest BCUT2D eigenvalue weighted by Crippen LogP contribution is -2.12. The quantitative estimate of drug-likeness (QED) is 0.527. The van der Waals surface area contributed by atoms with Crippen molar-refractivity contribution in [3.8, 4) is 0 Å². The second-order valence-corrected chi connectivity index (χ2v) is 5.04. The van der Waals surface area contributed by atoms with E-state index in [-0.39, 0.29) is 11.7 Å². The van der Waals surface area contributed by atoms with Crippen LogP contribution < -0.4 is 11.5 Å². The molecule has 0 radical (unpaired) electrons. The van der Waals surface area contributed by atoms with E-state index in [0.29, 0.717) is 16.9 Å². The molecule has 5 nitrogen and oxygen atoms in total. The van der Waals surface area contributed by atoms with Gasteiger partial charge in [0, 0.05) is 11.4 Å². The summed E-state index contributed by atoms with van der Waals surface area (Å²) >= 11 is 0. The second kappa shape index (κ2) is 4.08. The summed E-state index contributed by atoms with van der Waals surface area (Å²) < 4.78 is 30.1. The third-order valence-electron chi connectivity index (χ3n) is 2.10.